The van der Waals surface area contributed by atoms with E-state index in [9.17, 15) is 4.79 Å². The largest absolute Gasteiger partial charge is 0.350 e. The number of carbonyl (C=O) groups excluding carboxylic acids is 1. The van der Waals surface area contributed by atoms with Crippen molar-refractivity contribution in [3.05, 3.63) is 66.0 Å². The topological polar surface area (TPSA) is 71.8 Å². The maximum absolute atomic E-state index is 12.3. The second kappa shape index (κ2) is 7.09. The lowest BCUT2D eigenvalue weighted by molar-refractivity contribution is 0.0936. The third-order valence-electron chi connectivity index (χ3n) is 4.75. The van der Waals surface area contributed by atoms with Crippen molar-refractivity contribution >= 4 is 5.91 Å². The van der Waals surface area contributed by atoms with E-state index in [4.69, 9.17) is 0 Å². The monoisotopic (exact) mass is 347 g/mol. The van der Waals surface area contributed by atoms with Gasteiger partial charge in [0.1, 0.15) is 0 Å². The summed E-state index contributed by atoms with van der Waals surface area (Å²) in [5.41, 5.74) is 4.31. The van der Waals surface area contributed by atoms with E-state index >= 15 is 0 Å². The van der Waals surface area contributed by atoms with Crippen LogP contribution < -0.4 is 10.6 Å². The predicted octanol–water partition coefficient (Wildman–Crippen LogP) is 2.19. The molecule has 0 spiro atoms. The van der Waals surface area contributed by atoms with Crippen LogP contribution in [0.1, 0.15) is 16.2 Å². The number of aromatic nitrogens is 3. The number of carbonyl (C=O) groups is 1. The predicted molar refractivity (Wildman–Crippen MR) is 100 cm³/mol. The van der Waals surface area contributed by atoms with Crippen LogP contribution in [0, 0.1) is 12.8 Å². The van der Waals surface area contributed by atoms with Gasteiger partial charge in [-0.05, 0) is 30.2 Å². The Hall–Kier alpha value is -2.99. The van der Waals surface area contributed by atoms with Crippen LogP contribution in [0.3, 0.4) is 0 Å². The molecule has 1 aliphatic rings. The molecule has 3 aromatic rings. The maximum atomic E-state index is 12.3. The quantitative estimate of drug-likeness (QED) is 0.742. The van der Waals surface area contributed by atoms with Gasteiger partial charge in [0.2, 0.25) is 0 Å². The van der Waals surface area contributed by atoms with Crippen molar-refractivity contribution in [2.24, 2.45) is 5.92 Å². The molecule has 0 radical (unpaired) electrons. The molecule has 1 aromatic heterocycles. The van der Waals surface area contributed by atoms with E-state index in [-0.39, 0.29) is 5.91 Å². The molecule has 4 rings (SSSR count). The highest BCUT2D eigenvalue weighted by molar-refractivity contribution is 5.93. The van der Waals surface area contributed by atoms with Gasteiger partial charge < -0.3 is 10.6 Å². The number of rotatable bonds is 5. The standard InChI is InChI=1S/C20H21N5O/c1-14-19(20(26)22-13-15-11-21-12-15)23-24-25(14)18-9-7-17(8-10-18)16-5-3-2-4-6-16/h2-10,15,21H,11-13H2,1H3,(H,22,26). The van der Waals surface area contributed by atoms with Crippen molar-refractivity contribution < 1.29 is 4.79 Å². The molecule has 1 aliphatic heterocycles. The van der Waals surface area contributed by atoms with Gasteiger partial charge in [-0.25, -0.2) is 4.68 Å². The molecular weight excluding hydrogens is 326 g/mol. The normalized spacial score (nSPS) is 14.0. The second-order valence-electron chi connectivity index (χ2n) is 6.58. The van der Waals surface area contributed by atoms with E-state index < -0.39 is 0 Å². The lowest BCUT2D eigenvalue weighted by Gasteiger charge is -2.26. The Morgan fingerprint density at radius 3 is 2.46 bits per heavy atom. The highest BCUT2D eigenvalue weighted by Crippen LogP contribution is 2.21. The smallest absolute Gasteiger partial charge is 0.273 e. The fourth-order valence-electron chi connectivity index (χ4n) is 3.02. The van der Waals surface area contributed by atoms with Crippen LogP contribution in [0.2, 0.25) is 0 Å². The molecule has 0 unspecified atom stereocenters. The van der Waals surface area contributed by atoms with E-state index in [1.54, 1.807) is 4.68 Å². The van der Waals surface area contributed by atoms with Crippen molar-refractivity contribution in [1.29, 1.82) is 0 Å². The van der Waals surface area contributed by atoms with Crippen LogP contribution >= 0.6 is 0 Å². The average Bonchev–Trinajstić information content (AvgIpc) is 3.03. The van der Waals surface area contributed by atoms with Gasteiger partial charge in [0.05, 0.1) is 11.4 Å². The highest BCUT2D eigenvalue weighted by Gasteiger charge is 2.21. The summed E-state index contributed by atoms with van der Waals surface area (Å²) in [6.45, 7) is 4.45. The minimum Gasteiger partial charge on any atom is -0.350 e. The first-order valence-electron chi connectivity index (χ1n) is 8.79. The summed E-state index contributed by atoms with van der Waals surface area (Å²) in [5, 5.41) is 14.4. The minimum absolute atomic E-state index is 0.165. The Morgan fingerprint density at radius 2 is 1.81 bits per heavy atom. The molecule has 0 bridgehead atoms. The molecule has 1 fully saturated rings. The molecular formula is C20H21N5O. The van der Waals surface area contributed by atoms with Crippen LogP contribution in [0.5, 0.6) is 0 Å². The van der Waals surface area contributed by atoms with E-state index in [2.05, 4.69) is 45.2 Å². The number of nitrogens with one attached hydrogen (secondary N) is 2. The molecule has 0 atom stereocenters. The molecule has 26 heavy (non-hydrogen) atoms. The number of hydrogen-bond donors (Lipinski definition) is 2. The molecule has 0 aliphatic carbocycles. The number of benzene rings is 2. The third kappa shape index (κ3) is 3.23. The van der Waals surface area contributed by atoms with Crippen molar-refractivity contribution in [3.63, 3.8) is 0 Å². The first kappa shape index (κ1) is 16.5. The Kier molecular flexibility index (Phi) is 4.50. The van der Waals surface area contributed by atoms with Gasteiger partial charge in [-0.3, -0.25) is 4.79 Å². The Bertz CT molecular complexity index is 898. The highest BCUT2D eigenvalue weighted by atomic mass is 16.2. The van der Waals surface area contributed by atoms with Gasteiger partial charge in [0.15, 0.2) is 5.69 Å². The maximum Gasteiger partial charge on any atom is 0.273 e. The van der Waals surface area contributed by atoms with Crippen LogP contribution in [0.4, 0.5) is 0 Å². The van der Waals surface area contributed by atoms with Gasteiger partial charge in [-0.1, -0.05) is 47.7 Å². The number of hydrogen-bond acceptors (Lipinski definition) is 4. The van der Waals surface area contributed by atoms with Crippen molar-refractivity contribution in [2.45, 2.75) is 6.92 Å². The zero-order valence-corrected chi connectivity index (χ0v) is 14.6. The van der Waals surface area contributed by atoms with E-state index in [0.717, 1.165) is 30.0 Å². The molecule has 6 heteroatoms. The Morgan fingerprint density at radius 1 is 1.12 bits per heavy atom. The second-order valence-corrected chi connectivity index (χ2v) is 6.58. The van der Waals surface area contributed by atoms with Crippen LogP contribution in [-0.4, -0.2) is 40.5 Å². The zero-order valence-electron chi connectivity index (χ0n) is 14.6. The summed E-state index contributed by atoms with van der Waals surface area (Å²) in [5.74, 6) is 0.349. The Labute approximate surface area is 152 Å². The summed E-state index contributed by atoms with van der Waals surface area (Å²) in [4.78, 5) is 12.3. The molecule has 2 N–H and O–H groups in total. The van der Waals surface area contributed by atoms with E-state index in [0.29, 0.717) is 18.2 Å². The van der Waals surface area contributed by atoms with Gasteiger partial charge in [0, 0.05) is 25.6 Å². The molecule has 2 heterocycles. The molecule has 2 aromatic carbocycles. The minimum atomic E-state index is -0.165. The first-order valence-corrected chi connectivity index (χ1v) is 8.79. The lowest BCUT2D eigenvalue weighted by atomic mass is 10.0. The van der Waals surface area contributed by atoms with Crippen molar-refractivity contribution in [3.8, 4) is 16.8 Å². The SMILES string of the molecule is Cc1c(C(=O)NCC2CNC2)nnn1-c1ccc(-c2ccccc2)cc1. The van der Waals surface area contributed by atoms with E-state index in [1.165, 1.54) is 5.56 Å². The van der Waals surface area contributed by atoms with Crippen molar-refractivity contribution in [1.82, 2.24) is 25.6 Å². The van der Waals surface area contributed by atoms with Crippen LogP contribution in [0.15, 0.2) is 54.6 Å². The summed E-state index contributed by atoms with van der Waals surface area (Å²) < 4.78 is 1.70. The van der Waals surface area contributed by atoms with Gasteiger partial charge in [-0.2, -0.15) is 0 Å². The summed E-state index contributed by atoms with van der Waals surface area (Å²) in [6, 6.07) is 18.3. The summed E-state index contributed by atoms with van der Waals surface area (Å²) in [7, 11) is 0. The molecule has 1 saturated heterocycles. The third-order valence-corrected chi connectivity index (χ3v) is 4.75. The average molecular weight is 347 g/mol. The van der Waals surface area contributed by atoms with Gasteiger partial charge in [-0.15, -0.1) is 5.10 Å². The molecule has 0 saturated carbocycles. The lowest BCUT2D eigenvalue weighted by Crippen LogP contribution is -2.48. The molecule has 132 valence electrons. The van der Waals surface area contributed by atoms with Crippen LogP contribution in [0.25, 0.3) is 16.8 Å². The summed E-state index contributed by atoms with van der Waals surface area (Å²) in [6.07, 6.45) is 0. The first-order chi connectivity index (χ1) is 12.7. The van der Waals surface area contributed by atoms with Gasteiger partial charge in [0.25, 0.3) is 5.91 Å². The summed E-state index contributed by atoms with van der Waals surface area (Å²) >= 11 is 0. The van der Waals surface area contributed by atoms with Crippen molar-refractivity contribution in [2.75, 3.05) is 19.6 Å². The Balaban J connectivity index is 1.51. The number of nitrogens with zero attached hydrogens (tertiary/aromatic N) is 3. The van der Waals surface area contributed by atoms with Gasteiger partial charge >= 0.3 is 0 Å². The van der Waals surface area contributed by atoms with Crippen LogP contribution in [-0.2, 0) is 0 Å². The number of amides is 1. The molecule has 6 nitrogen and oxygen atoms in total. The molecule has 1 amide bonds. The van der Waals surface area contributed by atoms with E-state index in [1.807, 2.05) is 37.3 Å². The zero-order chi connectivity index (χ0) is 17.9. The fraction of sp³-hybridized carbons (Fsp3) is 0.250. The fourth-order valence-corrected chi connectivity index (χ4v) is 3.02.